The molecule has 0 N–H and O–H groups in total. The maximum absolute atomic E-state index is 11.0. The minimum absolute atomic E-state index is 0.384. The van der Waals surface area contributed by atoms with Gasteiger partial charge in [-0.25, -0.2) is 4.79 Å². The van der Waals surface area contributed by atoms with Crippen LogP contribution in [0.5, 0.6) is 0 Å². The van der Waals surface area contributed by atoms with Gasteiger partial charge >= 0.3 is 6.16 Å². The van der Waals surface area contributed by atoms with E-state index in [1.54, 1.807) is 0 Å². The number of piperidine rings is 1. The summed E-state index contributed by atoms with van der Waals surface area (Å²) >= 11 is 0. The van der Waals surface area contributed by atoms with E-state index in [0.29, 0.717) is 6.61 Å². The Balaban J connectivity index is 1.55. The average molecular weight is 252 g/mol. The van der Waals surface area contributed by atoms with E-state index in [0.717, 1.165) is 43.9 Å². The lowest BCUT2D eigenvalue weighted by atomic mass is 9.92. The molecule has 1 aromatic rings. The highest BCUT2D eigenvalue weighted by molar-refractivity contribution is 5.62. The van der Waals surface area contributed by atoms with E-state index in [1.807, 2.05) is 13.0 Å². The van der Waals surface area contributed by atoms with Crippen molar-refractivity contribution in [2.24, 2.45) is 0 Å². The van der Waals surface area contributed by atoms with Gasteiger partial charge in [-0.2, -0.15) is 0 Å². The molecule has 3 rings (SSSR count). The molecule has 0 unspecified atom stereocenters. The fraction of sp³-hybridized carbons (Fsp3) is 0.667. The van der Waals surface area contributed by atoms with Crippen LogP contribution in [0, 0.1) is 6.92 Å². The maximum atomic E-state index is 11.0. The normalized spacial score (nSPS) is 23.1. The highest BCUT2D eigenvalue weighted by Crippen LogP contribution is 2.32. The number of rotatable bonds is 2. The van der Waals surface area contributed by atoms with Crippen molar-refractivity contribution in [1.82, 2.24) is 10.1 Å². The van der Waals surface area contributed by atoms with Gasteiger partial charge in [0.05, 0.1) is 12.2 Å². The molecule has 0 amide bonds. The van der Waals surface area contributed by atoms with Crippen LogP contribution in [0.25, 0.3) is 0 Å². The van der Waals surface area contributed by atoms with Crippen LogP contribution in [0.2, 0.25) is 0 Å². The quantitative estimate of drug-likeness (QED) is 0.743. The number of hydrogen-bond acceptors (Lipinski definition) is 6. The molecule has 3 heterocycles. The van der Waals surface area contributed by atoms with Crippen molar-refractivity contribution in [2.75, 3.05) is 19.7 Å². The van der Waals surface area contributed by atoms with Gasteiger partial charge in [0.2, 0.25) is 0 Å². The zero-order valence-corrected chi connectivity index (χ0v) is 10.3. The summed E-state index contributed by atoms with van der Waals surface area (Å²) in [5.41, 5.74) is 0.516. The third-order valence-corrected chi connectivity index (χ3v) is 3.58. The van der Waals surface area contributed by atoms with Crippen LogP contribution in [0.1, 0.15) is 24.3 Å². The number of carbonyl (C=O) groups is 1. The molecule has 2 aliphatic rings. The average Bonchev–Trinajstić information content (AvgIpc) is 2.90. The predicted octanol–water partition coefficient (Wildman–Crippen LogP) is 1.48. The molecule has 0 atom stereocenters. The van der Waals surface area contributed by atoms with Gasteiger partial charge in [0, 0.05) is 32.0 Å². The van der Waals surface area contributed by atoms with Crippen LogP contribution < -0.4 is 0 Å². The molecule has 6 heteroatoms. The van der Waals surface area contributed by atoms with Crippen molar-refractivity contribution >= 4 is 6.16 Å². The number of hydrogen-bond donors (Lipinski definition) is 0. The monoisotopic (exact) mass is 252 g/mol. The van der Waals surface area contributed by atoms with E-state index in [9.17, 15) is 4.79 Å². The van der Waals surface area contributed by atoms with Crippen LogP contribution in [0.15, 0.2) is 10.6 Å². The number of aryl methyl sites for hydroxylation is 1. The van der Waals surface area contributed by atoms with Gasteiger partial charge in [-0.1, -0.05) is 5.16 Å². The molecule has 0 aromatic carbocycles. The lowest BCUT2D eigenvalue weighted by Crippen LogP contribution is -2.45. The van der Waals surface area contributed by atoms with E-state index < -0.39 is 6.16 Å². The second-order valence-corrected chi connectivity index (χ2v) is 5.03. The molecule has 2 fully saturated rings. The summed E-state index contributed by atoms with van der Waals surface area (Å²) in [7, 11) is 0. The molecule has 1 spiro atoms. The largest absolute Gasteiger partial charge is 0.509 e. The summed E-state index contributed by atoms with van der Waals surface area (Å²) in [5, 5.41) is 3.87. The second-order valence-electron chi connectivity index (χ2n) is 5.03. The van der Waals surface area contributed by atoms with Gasteiger partial charge in [-0.15, -0.1) is 0 Å². The standard InChI is InChI=1S/C12H16N2O4/c1-9-6-10(18-13-9)7-14-4-2-12(3-5-14)8-16-11(15)17-12/h6H,2-5,7-8H2,1H3. The molecular formula is C12H16N2O4. The molecule has 0 radical (unpaired) electrons. The first-order valence-electron chi connectivity index (χ1n) is 6.16. The fourth-order valence-electron chi connectivity index (χ4n) is 2.50. The summed E-state index contributed by atoms with van der Waals surface area (Å²) < 4.78 is 15.4. The molecule has 6 nitrogen and oxygen atoms in total. The highest BCUT2D eigenvalue weighted by Gasteiger charge is 2.44. The summed E-state index contributed by atoms with van der Waals surface area (Å²) in [6.45, 7) is 4.80. The van der Waals surface area contributed by atoms with Crippen molar-refractivity contribution in [1.29, 1.82) is 0 Å². The molecule has 0 bridgehead atoms. The third kappa shape index (κ3) is 2.20. The van der Waals surface area contributed by atoms with E-state index >= 15 is 0 Å². The third-order valence-electron chi connectivity index (χ3n) is 3.58. The van der Waals surface area contributed by atoms with Crippen molar-refractivity contribution in [3.8, 4) is 0 Å². The van der Waals surface area contributed by atoms with Crippen molar-refractivity contribution in [2.45, 2.75) is 31.9 Å². The van der Waals surface area contributed by atoms with Crippen LogP contribution >= 0.6 is 0 Å². The predicted molar refractivity (Wildman–Crippen MR) is 60.9 cm³/mol. The molecule has 98 valence electrons. The summed E-state index contributed by atoms with van der Waals surface area (Å²) in [6, 6.07) is 1.95. The number of cyclic esters (lactones) is 1. The molecule has 2 saturated heterocycles. The Kier molecular flexibility index (Phi) is 2.74. The summed E-state index contributed by atoms with van der Waals surface area (Å²) in [6.07, 6.45) is 1.09. The molecule has 2 aliphatic heterocycles. The smallest absolute Gasteiger partial charge is 0.430 e. The Labute approximate surface area is 105 Å². The van der Waals surface area contributed by atoms with E-state index in [1.165, 1.54) is 0 Å². The van der Waals surface area contributed by atoms with Gasteiger partial charge in [0.15, 0.2) is 11.4 Å². The molecule has 0 aliphatic carbocycles. The Morgan fingerprint density at radius 1 is 1.44 bits per heavy atom. The SMILES string of the molecule is Cc1cc(CN2CCC3(CC2)COC(=O)O3)on1. The van der Waals surface area contributed by atoms with Crippen molar-refractivity contribution in [3.05, 3.63) is 17.5 Å². The maximum Gasteiger partial charge on any atom is 0.509 e. The van der Waals surface area contributed by atoms with Crippen LogP contribution in [-0.2, 0) is 16.0 Å². The molecule has 18 heavy (non-hydrogen) atoms. The zero-order valence-electron chi connectivity index (χ0n) is 10.3. The molecule has 1 aromatic heterocycles. The first kappa shape index (κ1) is 11.5. The van der Waals surface area contributed by atoms with Gasteiger partial charge in [0.25, 0.3) is 0 Å². The fourth-order valence-corrected chi connectivity index (χ4v) is 2.50. The first-order valence-corrected chi connectivity index (χ1v) is 6.16. The van der Waals surface area contributed by atoms with Crippen molar-refractivity contribution < 1.29 is 18.8 Å². The first-order chi connectivity index (χ1) is 8.65. The van der Waals surface area contributed by atoms with Gasteiger partial charge in [0.1, 0.15) is 6.61 Å². The summed E-state index contributed by atoms with van der Waals surface area (Å²) in [5.74, 6) is 0.878. The van der Waals surface area contributed by atoms with Crippen LogP contribution in [0.4, 0.5) is 4.79 Å². The van der Waals surface area contributed by atoms with Gasteiger partial charge < -0.3 is 14.0 Å². The summed E-state index contributed by atoms with van der Waals surface area (Å²) in [4.78, 5) is 13.3. The Morgan fingerprint density at radius 3 is 2.78 bits per heavy atom. The topological polar surface area (TPSA) is 64.8 Å². The van der Waals surface area contributed by atoms with Gasteiger partial charge in [-0.05, 0) is 6.92 Å². The number of nitrogens with zero attached hydrogens (tertiary/aromatic N) is 2. The van der Waals surface area contributed by atoms with Gasteiger partial charge in [-0.3, -0.25) is 4.90 Å². The van der Waals surface area contributed by atoms with Crippen LogP contribution in [-0.4, -0.2) is 41.5 Å². The number of ether oxygens (including phenoxy) is 2. The van der Waals surface area contributed by atoms with E-state index in [2.05, 4.69) is 10.1 Å². The number of carbonyl (C=O) groups excluding carboxylic acids is 1. The molecule has 0 saturated carbocycles. The highest BCUT2D eigenvalue weighted by atomic mass is 16.8. The van der Waals surface area contributed by atoms with E-state index in [4.69, 9.17) is 14.0 Å². The second kappa shape index (κ2) is 4.28. The Hall–Kier alpha value is -1.56. The van der Waals surface area contributed by atoms with Crippen molar-refractivity contribution in [3.63, 3.8) is 0 Å². The minimum Gasteiger partial charge on any atom is -0.430 e. The lowest BCUT2D eigenvalue weighted by Gasteiger charge is -2.35. The number of aromatic nitrogens is 1. The van der Waals surface area contributed by atoms with Crippen LogP contribution in [0.3, 0.4) is 0 Å². The molecular weight excluding hydrogens is 236 g/mol. The Bertz CT molecular complexity index is 449. The Morgan fingerprint density at radius 2 is 2.22 bits per heavy atom. The lowest BCUT2D eigenvalue weighted by molar-refractivity contribution is -0.00336. The minimum atomic E-state index is -0.533. The number of likely N-dealkylation sites (tertiary alicyclic amines) is 1. The van der Waals surface area contributed by atoms with E-state index in [-0.39, 0.29) is 5.60 Å². The zero-order chi connectivity index (χ0) is 12.6.